The number of hydrogen-bond donors (Lipinski definition) is 1. The largest absolute Gasteiger partial charge is 0.379 e. The van der Waals surface area contributed by atoms with Crippen LogP contribution in [0.5, 0.6) is 0 Å². The predicted octanol–water partition coefficient (Wildman–Crippen LogP) is 2.11. The van der Waals surface area contributed by atoms with Crippen LogP contribution in [0.4, 0.5) is 0 Å². The number of unbranched alkanes of at least 4 members (excludes halogenated alkanes) is 3. The third-order valence-corrected chi connectivity index (χ3v) is 5.55. The van der Waals surface area contributed by atoms with E-state index in [1.807, 2.05) is 0 Å². The van der Waals surface area contributed by atoms with E-state index < -0.39 is 0 Å². The summed E-state index contributed by atoms with van der Waals surface area (Å²) in [5, 5.41) is 0. The molecule has 11 nitrogen and oxygen atoms in total. The maximum absolute atomic E-state index is 5.55. The second-order valence-electron chi connectivity index (χ2n) is 8.02. The summed E-state index contributed by atoms with van der Waals surface area (Å²) in [6.07, 6.45) is 4.99. The molecule has 0 spiro atoms. The molecule has 0 radical (unpaired) electrons. The average Bonchev–Trinajstić information content (AvgIpc) is 2.93. The number of ether oxygens (including phenoxy) is 10. The van der Waals surface area contributed by atoms with Crippen molar-refractivity contribution in [1.82, 2.24) is 0 Å². The van der Waals surface area contributed by atoms with Crippen LogP contribution in [-0.2, 0) is 47.4 Å². The topological polar surface area (TPSA) is 118 Å². The predicted molar refractivity (Wildman–Crippen MR) is 155 cm³/mol. The smallest absolute Gasteiger partial charge is 0.0701 e. The van der Waals surface area contributed by atoms with Gasteiger partial charge < -0.3 is 53.1 Å². The Kier molecular flexibility index (Phi) is 37.6. The van der Waals surface area contributed by atoms with Gasteiger partial charge in [-0.3, -0.25) is 0 Å². The van der Waals surface area contributed by atoms with E-state index in [4.69, 9.17) is 53.1 Å². The first kappa shape index (κ1) is 38.3. The molecule has 0 amide bonds. The number of nitrogens with two attached hydrogens (primary N) is 1. The van der Waals surface area contributed by atoms with Gasteiger partial charge in [0.1, 0.15) is 0 Å². The maximum Gasteiger partial charge on any atom is 0.0701 e. The Hall–Kier alpha value is 0.290. The molecule has 0 aliphatic rings. The van der Waals surface area contributed by atoms with Crippen molar-refractivity contribution in [2.75, 3.05) is 143 Å². The van der Waals surface area contributed by atoms with Gasteiger partial charge in [-0.2, -0.15) is 0 Å². The molecule has 0 aromatic heterocycles. The number of rotatable bonds is 35. The number of hydrogen-bond acceptors (Lipinski definition) is 11. The van der Waals surface area contributed by atoms with Crippen LogP contribution in [-0.4, -0.2) is 143 Å². The van der Waals surface area contributed by atoms with E-state index in [0.29, 0.717) is 132 Å². The molecule has 0 aromatic rings. The van der Waals surface area contributed by atoms with Crippen LogP contribution in [0.15, 0.2) is 0 Å². The zero-order chi connectivity index (χ0) is 27.5. The van der Waals surface area contributed by atoms with E-state index >= 15 is 0 Å². The summed E-state index contributed by atoms with van der Waals surface area (Å²) in [5.41, 5.74) is 5.32. The van der Waals surface area contributed by atoms with Crippen LogP contribution in [0.1, 0.15) is 25.7 Å². The first-order valence-corrected chi connectivity index (χ1v) is 15.5. The fourth-order valence-electron chi connectivity index (χ4n) is 2.82. The Balaban J connectivity index is 3.01. The second kappa shape index (κ2) is 37.3. The number of halogens is 1. The van der Waals surface area contributed by atoms with Crippen molar-refractivity contribution in [3.63, 3.8) is 0 Å². The molecule has 0 aromatic carbocycles. The third-order valence-electron chi connectivity index (χ3n) is 4.78. The van der Waals surface area contributed by atoms with Gasteiger partial charge in [-0.1, -0.05) is 35.4 Å². The summed E-state index contributed by atoms with van der Waals surface area (Å²) in [5.74, 6) is 0. The van der Waals surface area contributed by atoms with E-state index in [2.05, 4.69) is 22.6 Å². The van der Waals surface area contributed by atoms with Crippen LogP contribution in [0, 0.1) is 0 Å². The van der Waals surface area contributed by atoms with Gasteiger partial charge >= 0.3 is 0 Å². The van der Waals surface area contributed by atoms with Crippen LogP contribution in [0.25, 0.3) is 0 Å². The Labute approximate surface area is 244 Å². The molecular weight excluding hydrogens is 613 g/mol. The van der Waals surface area contributed by atoms with E-state index in [0.717, 1.165) is 13.0 Å². The molecular formula is C26H54INO10. The fraction of sp³-hybridized carbons (Fsp3) is 1.00. The lowest BCUT2D eigenvalue weighted by atomic mass is 10.2. The minimum absolute atomic E-state index is 0.527. The average molecular weight is 668 g/mol. The molecule has 12 heteroatoms. The SMILES string of the molecule is NCCOCCOCCOCCOCCOCCOCCOCCOCCOCCOCCCCCCI. The molecule has 2 N–H and O–H groups in total. The van der Waals surface area contributed by atoms with E-state index in [1.165, 1.54) is 23.7 Å². The molecule has 0 atom stereocenters. The monoisotopic (exact) mass is 667 g/mol. The van der Waals surface area contributed by atoms with Gasteiger partial charge in [-0.05, 0) is 17.3 Å². The molecule has 230 valence electrons. The summed E-state index contributed by atoms with van der Waals surface area (Å²) in [6, 6.07) is 0. The third kappa shape index (κ3) is 36.3. The van der Waals surface area contributed by atoms with E-state index in [9.17, 15) is 0 Å². The summed E-state index contributed by atoms with van der Waals surface area (Å²) in [6.45, 7) is 11.8. The molecule has 0 fully saturated rings. The Morgan fingerprint density at radius 1 is 0.289 bits per heavy atom. The minimum atomic E-state index is 0.527. The molecule has 38 heavy (non-hydrogen) atoms. The Morgan fingerprint density at radius 3 is 0.789 bits per heavy atom. The highest BCUT2D eigenvalue weighted by atomic mass is 127. The summed E-state index contributed by atoms with van der Waals surface area (Å²) in [7, 11) is 0. The van der Waals surface area contributed by atoms with Crippen LogP contribution in [0.3, 0.4) is 0 Å². The molecule has 0 heterocycles. The lowest BCUT2D eigenvalue weighted by molar-refractivity contribution is -0.0263. The Morgan fingerprint density at radius 2 is 0.526 bits per heavy atom. The lowest BCUT2D eigenvalue weighted by Gasteiger charge is -2.09. The van der Waals surface area contributed by atoms with Crippen LogP contribution < -0.4 is 5.73 Å². The van der Waals surface area contributed by atoms with Crippen LogP contribution >= 0.6 is 22.6 Å². The van der Waals surface area contributed by atoms with Gasteiger partial charge in [-0.25, -0.2) is 0 Å². The zero-order valence-electron chi connectivity index (χ0n) is 23.4. The highest BCUT2D eigenvalue weighted by Gasteiger charge is 1.96. The molecule has 0 aliphatic heterocycles. The summed E-state index contributed by atoms with van der Waals surface area (Å²) < 4.78 is 55.6. The normalized spacial score (nSPS) is 11.5. The van der Waals surface area contributed by atoms with Crippen molar-refractivity contribution < 1.29 is 47.4 Å². The van der Waals surface area contributed by atoms with E-state index in [-0.39, 0.29) is 0 Å². The lowest BCUT2D eigenvalue weighted by Crippen LogP contribution is -2.15. The summed E-state index contributed by atoms with van der Waals surface area (Å²) >= 11 is 2.42. The fourth-order valence-corrected chi connectivity index (χ4v) is 3.36. The first-order valence-electron chi connectivity index (χ1n) is 13.9. The van der Waals surface area contributed by atoms with Crippen LogP contribution in [0.2, 0.25) is 0 Å². The van der Waals surface area contributed by atoms with Gasteiger partial charge in [-0.15, -0.1) is 0 Å². The molecule has 0 saturated carbocycles. The van der Waals surface area contributed by atoms with Crippen molar-refractivity contribution in [3.05, 3.63) is 0 Å². The van der Waals surface area contributed by atoms with Gasteiger partial charge in [0, 0.05) is 13.2 Å². The highest BCUT2D eigenvalue weighted by molar-refractivity contribution is 14.1. The molecule has 0 bridgehead atoms. The van der Waals surface area contributed by atoms with Crippen molar-refractivity contribution in [2.24, 2.45) is 5.73 Å². The highest BCUT2D eigenvalue weighted by Crippen LogP contribution is 2.02. The molecule has 0 rings (SSSR count). The van der Waals surface area contributed by atoms with Gasteiger partial charge in [0.05, 0.1) is 126 Å². The maximum atomic E-state index is 5.55. The molecule has 0 unspecified atom stereocenters. The zero-order valence-corrected chi connectivity index (χ0v) is 25.6. The van der Waals surface area contributed by atoms with Gasteiger partial charge in [0.15, 0.2) is 0 Å². The van der Waals surface area contributed by atoms with Crippen molar-refractivity contribution in [3.8, 4) is 0 Å². The summed E-state index contributed by atoms with van der Waals surface area (Å²) in [4.78, 5) is 0. The first-order chi connectivity index (χ1) is 18.9. The number of alkyl halides is 1. The van der Waals surface area contributed by atoms with Crippen molar-refractivity contribution in [2.45, 2.75) is 25.7 Å². The van der Waals surface area contributed by atoms with Crippen molar-refractivity contribution >= 4 is 22.6 Å². The quantitative estimate of drug-likeness (QED) is 0.0609. The van der Waals surface area contributed by atoms with Gasteiger partial charge in [0.25, 0.3) is 0 Å². The Bertz CT molecular complexity index is 380. The second-order valence-corrected chi connectivity index (χ2v) is 9.09. The molecule has 0 aliphatic carbocycles. The standard InChI is InChI=1S/C26H54INO10/c27-5-3-1-2-4-7-29-9-11-31-13-15-33-17-19-35-21-23-37-25-26-38-24-22-36-20-18-34-16-14-32-12-10-30-8-6-28/h1-26,28H2. The van der Waals surface area contributed by atoms with E-state index in [1.54, 1.807) is 0 Å². The molecule has 0 saturated heterocycles. The van der Waals surface area contributed by atoms with Crippen molar-refractivity contribution in [1.29, 1.82) is 0 Å². The minimum Gasteiger partial charge on any atom is -0.379 e. The van der Waals surface area contributed by atoms with Gasteiger partial charge in [0.2, 0.25) is 0 Å².